The summed E-state index contributed by atoms with van der Waals surface area (Å²) in [6.45, 7) is 2.60. The van der Waals surface area contributed by atoms with Crippen molar-refractivity contribution in [1.82, 2.24) is 15.5 Å². The van der Waals surface area contributed by atoms with Crippen molar-refractivity contribution >= 4 is 11.7 Å². The largest absolute Gasteiger partial charge is 0.338 e. The molecule has 26 heavy (non-hydrogen) atoms. The smallest absolute Gasteiger partial charge is 0.319 e. The predicted octanol–water partition coefficient (Wildman–Crippen LogP) is 3.81. The van der Waals surface area contributed by atoms with Gasteiger partial charge in [-0.25, -0.2) is 4.79 Å². The molecule has 3 aromatic rings. The maximum absolute atomic E-state index is 11.8. The molecule has 0 spiro atoms. The minimum Gasteiger partial charge on any atom is -0.338 e. The third kappa shape index (κ3) is 4.05. The van der Waals surface area contributed by atoms with Crippen molar-refractivity contribution in [3.05, 3.63) is 54.1 Å². The Morgan fingerprint density at radius 3 is 2.73 bits per heavy atom. The first-order valence-corrected chi connectivity index (χ1v) is 8.19. The van der Waals surface area contributed by atoms with Crippen molar-refractivity contribution in [1.29, 1.82) is 5.26 Å². The monoisotopic (exact) mass is 347 g/mol. The van der Waals surface area contributed by atoms with Gasteiger partial charge in [0.25, 0.3) is 5.89 Å². The van der Waals surface area contributed by atoms with Crippen LogP contribution >= 0.6 is 0 Å². The Kier molecular flexibility index (Phi) is 5.25. The number of hydrogen-bond donors (Lipinski definition) is 2. The molecule has 0 atom stereocenters. The molecule has 0 radical (unpaired) electrons. The van der Waals surface area contributed by atoms with Gasteiger partial charge < -0.3 is 15.2 Å². The van der Waals surface area contributed by atoms with Crippen LogP contribution in [0, 0.1) is 11.3 Å². The summed E-state index contributed by atoms with van der Waals surface area (Å²) >= 11 is 0. The number of amides is 2. The molecular formula is C19H17N5O2. The number of carbonyl (C=O) groups is 1. The summed E-state index contributed by atoms with van der Waals surface area (Å²) in [5.41, 5.74) is 2.66. The Labute approximate surface area is 150 Å². The number of anilines is 1. The van der Waals surface area contributed by atoms with E-state index in [0.29, 0.717) is 29.5 Å². The number of urea groups is 1. The van der Waals surface area contributed by atoms with Crippen molar-refractivity contribution in [3.63, 3.8) is 0 Å². The number of nitrogens with one attached hydrogen (secondary N) is 2. The summed E-state index contributed by atoms with van der Waals surface area (Å²) in [5, 5.41) is 18.4. The maximum atomic E-state index is 11.8. The standard InChI is InChI=1S/C19H17N5O2/c1-2-10-21-19(25)22-16-5-3-4-15(11-16)17-23-18(26-24-17)14-8-6-13(12-20)7-9-14/h3-9,11H,2,10H2,1H3,(H2,21,22,25). The number of nitrogens with zero attached hydrogens (tertiary/aromatic N) is 3. The lowest BCUT2D eigenvalue weighted by molar-refractivity contribution is 0.252. The Morgan fingerprint density at radius 1 is 1.19 bits per heavy atom. The van der Waals surface area contributed by atoms with E-state index in [4.69, 9.17) is 9.78 Å². The van der Waals surface area contributed by atoms with E-state index in [1.807, 2.05) is 19.1 Å². The van der Waals surface area contributed by atoms with Gasteiger partial charge in [0.05, 0.1) is 11.6 Å². The number of rotatable bonds is 5. The van der Waals surface area contributed by atoms with E-state index in [1.165, 1.54) is 0 Å². The van der Waals surface area contributed by atoms with Gasteiger partial charge in [-0.1, -0.05) is 24.2 Å². The lowest BCUT2D eigenvalue weighted by Gasteiger charge is -2.07. The molecule has 0 saturated heterocycles. The molecule has 7 nitrogen and oxygen atoms in total. The zero-order valence-corrected chi connectivity index (χ0v) is 14.2. The number of carbonyl (C=O) groups excluding carboxylic acids is 1. The Balaban J connectivity index is 1.77. The van der Waals surface area contributed by atoms with Crippen molar-refractivity contribution in [2.24, 2.45) is 0 Å². The summed E-state index contributed by atoms with van der Waals surface area (Å²) in [6.07, 6.45) is 0.869. The van der Waals surface area contributed by atoms with Gasteiger partial charge in [0, 0.05) is 23.4 Å². The van der Waals surface area contributed by atoms with Gasteiger partial charge in [-0.2, -0.15) is 10.2 Å². The van der Waals surface area contributed by atoms with Gasteiger partial charge in [0.2, 0.25) is 5.82 Å². The molecule has 0 bridgehead atoms. The second-order valence-electron chi connectivity index (χ2n) is 5.57. The second kappa shape index (κ2) is 7.94. The molecule has 0 aliphatic heterocycles. The molecule has 3 rings (SSSR count). The molecule has 1 heterocycles. The fourth-order valence-corrected chi connectivity index (χ4v) is 2.30. The summed E-state index contributed by atoms with van der Waals surface area (Å²) in [7, 11) is 0. The molecule has 2 amide bonds. The first kappa shape index (κ1) is 17.2. The molecule has 130 valence electrons. The minimum absolute atomic E-state index is 0.254. The van der Waals surface area contributed by atoms with Crippen molar-refractivity contribution in [2.45, 2.75) is 13.3 Å². The molecule has 0 aliphatic carbocycles. The van der Waals surface area contributed by atoms with Crippen molar-refractivity contribution in [3.8, 4) is 28.9 Å². The van der Waals surface area contributed by atoms with E-state index in [0.717, 1.165) is 17.5 Å². The zero-order chi connectivity index (χ0) is 18.4. The van der Waals surface area contributed by atoms with Gasteiger partial charge >= 0.3 is 6.03 Å². The van der Waals surface area contributed by atoms with Gasteiger partial charge in [-0.3, -0.25) is 0 Å². The number of benzene rings is 2. The lowest BCUT2D eigenvalue weighted by Crippen LogP contribution is -2.29. The van der Waals surface area contributed by atoms with E-state index >= 15 is 0 Å². The second-order valence-corrected chi connectivity index (χ2v) is 5.57. The van der Waals surface area contributed by atoms with Gasteiger partial charge in [0.15, 0.2) is 0 Å². The van der Waals surface area contributed by atoms with E-state index < -0.39 is 0 Å². The summed E-state index contributed by atoms with van der Waals surface area (Å²) in [6, 6.07) is 15.9. The highest BCUT2D eigenvalue weighted by molar-refractivity contribution is 5.89. The number of nitriles is 1. The highest BCUT2D eigenvalue weighted by atomic mass is 16.5. The van der Waals surface area contributed by atoms with Crippen LogP contribution in [0.5, 0.6) is 0 Å². The minimum atomic E-state index is -0.254. The van der Waals surface area contributed by atoms with E-state index in [1.54, 1.807) is 36.4 Å². The van der Waals surface area contributed by atoms with Crippen molar-refractivity contribution in [2.75, 3.05) is 11.9 Å². The summed E-state index contributed by atoms with van der Waals surface area (Å²) in [5.74, 6) is 0.783. The SMILES string of the molecule is CCCNC(=O)Nc1cccc(-c2noc(-c3ccc(C#N)cc3)n2)c1. The quantitative estimate of drug-likeness (QED) is 0.730. The normalized spacial score (nSPS) is 10.2. The average Bonchev–Trinajstić information content (AvgIpc) is 3.17. The topological polar surface area (TPSA) is 104 Å². The van der Waals surface area contributed by atoms with Crippen LogP contribution in [-0.4, -0.2) is 22.7 Å². The maximum Gasteiger partial charge on any atom is 0.319 e. The molecule has 0 aliphatic rings. The van der Waals surface area contributed by atoms with Crippen molar-refractivity contribution < 1.29 is 9.32 Å². The molecular weight excluding hydrogens is 330 g/mol. The van der Waals surface area contributed by atoms with Crippen LogP contribution in [0.4, 0.5) is 10.5 Å². The van der Waals surface area contributed by atoms with Gasteiger partial charge in [0.1, 0.15) is 0 Å². The lowest BCUT2D eigenvalue weighted by atomic mass is 10.1. The van der Waals surface area contributed by atoms with Crippen LogP contribution in [0.25, 0.3) is 22.8 Å². The predicted molar refractivity (Wildman–Crippen MR) is 97.2 cm³/mol. The first-order chi connectivity index (χ1) is 12.7. The van der Waals surface area contributed by atoms with Crippen LogP contribution in [0.2, 0.25) is 0 Å². The third-order valence-corrected chi connectivity index (χ3v) is 3.60. The van der Waals surface area contributed by atoms with Crippen LogP contribution in [0.1, 0.15) is 18.9 Å². The van der Waals surface area contributed by atoms with E-state index in [2.05, 4.69) is 26.8 Å². The van der Waals surface area contributed by atoms with Gasteiger partial charge in [-0.05, 0) is 42.8 Å². The third-order valence-electron chi connectivity index (χ3n) is 3.60. The van der Waals surface area contributed by atoms with Gasteiger partial charge in [-0.15, -0.1) is 0 Å². The zero-order valence-electron chi connectivity index (χ0n) is 14.2. The van der Waals surface area contributed by atoms with E-state index in [-0.39, 0.29) is 6.03 Å². The Hall–Kier alpha value is -3.66. The highest BCUT2D eigenvalue weighted by Crippen LogP contribution is 2.24. The van der Waals surface area contributed by atoms with Crippen LogP contribution < -0.4 is 10.6 Å². The molecule has 0 unspecified atom stereocenters. The number of aromatic nitrogens is 2. The summed E-state index contributed by atoms with van der Waals surface area (Å²) in [4.78, 5) is 16.2. The molecule has 7 heteroatoms. The van der Waals surface area contributed by atoms with Crippen LogP contribution in [-0.2, 0) is 0 Å². The Bertz CT molecular complexity index is 941. The highest BCUT2D eigenvalue weighted by Gasteiger charge is 2.11. The number of hydrogen-bond acceptors (Lipinski definition) is 5. The first-order valence-electron chi connectivity index (χ1n) is 8.19. The fraction of sp³-hybridized carbons (Fsp3) is 0.158. The Morgan fingerprint density at radius 2 is 2.00 bits per heavy atom. The van der Waals surface area contributed by atoms with Crippen LogP contribution in [0.15, 0.2) is 53.1 Å². The molecule has 2 N–H and O–H groups in total. The summed E-state index contributed by atoms with van der Waals surface area (Å²) < 4.78 is 5.31. The fourth-order valence-electron chi connectivity index (χ4n) is 2.30. The van der Waals surface area contributed by atoms with E-state index in [9.17, 15) is 4.79 Å². The van der Waals surface area contributed by atoms with Crippen LogP contribution in [0.3, 0.4) is 0 Å². The molecule has 0 saturated carbocycles. The molecule has 0 fully saturated rings. The molecule has 2 aromatic carbocycles. The average molecular weight is 347 g/mol. The molecule has 1 aromatic heterocycles.